The Morgan fingerprint density at radius 2 is 0.537 bits per heavy atom. The molecule has 3 N–H and O–H groups in total. The molecule has 0 radical (unpaired) electrons. The summed E-state index contributed by atoms with van der Waals surface area (Å²) in [6.07, 6.45) is 55.7. The molecule has 19 heteroatoms. The molecule has 0 bridgehead atoms. The molecule has 0 heterocycles. The molecule has 6 atom stereocenters. The quantitative estimate of drug-likeness (QED) is 0.0222. The van der Waals surface area contributed by atoms with Gasteiger partial charge in [0, 0.05) is 25.7 Å². The minimum atomic E-state index is -4.96. The van der Waals surface area contributed by atoms with Gasteiger partial charge in [-0.25, -0.2) is 9.13 Å². The predicted molar refractivity (Wildman–Crippen MR) is 386 cm³/mol. The number of ether oxygens (including phenoxy) is 4. The van der Waals surface area contributed by atoms with Crippen LogP contribution in [0.2, 0.25) is 0 Å². The molecule has 0 fully saturated rings. The van der Waals surface area contributed by atoms with Gasteiger partial charge >= 0.3 is 39.5 Å². The van der Waals surface area contributed by atoms with E-state index >= 15 is 0 Å². The molecule has 0 aliphatic rings. The van der Waals surface area contributed by atoms with Crippen molar-refractivity contribution in [2.75, 3.05) is 39.6 Å². The first kappa shape index (κ1) is 93.1. The zero-order chi connectivity index (χ0) is 70.0. The fraction of sp³-hybridized carbons (Fsp3) is 0.947. The molecule has 95 heavy (non-hydrogen) atoms. The second-order valence-electron chi connectivity index (χ2n) is 28.1. The van der Waals surface area contributed by atoms with Crippen LogP contribution < -0.4 is 0 Å². The van der Waals surface area contributed by atoms with E-state index in [0.717, 1.165) is 102 Å². The number of aliphatic hydroxyl groups excluding tert-OH is 1. The van der Waals surface area contributed by atoms with Crippen LogP contribution in [0.5, 0.6) is 0 Å². The van der Waals surface area contributed by atoms with E-state index in [1.165, 1.54) is 212 Å². The second-order valence-corrected chi connectivity index (χ2v) is 31.0. The number of phosphoric ester groups is 2. The van der Waals surface area contributed by atoms with Crippen molar-refractivity contribution in [2.24, 2.45) is 11.8 Å². The van der Waals surface area contributed by atoms with Crippen LogP contribution in [0.3, 0.4) is 0 Å². The lowest BCUT2D eigenvalue weighted by Crippen LogP contribution is -2.30. The summed E-state index contributed by atoms with van der Waals surface area (Å²) in [6.45, 7) is 9.55. The average Bonchev–Trinajstić information content (AvgIpc) is 2.84. The highest BCUT2D eigenvalue weighted by atomic mass is 31.2. The molecule has 3 unspecified atom stereocenters. The van der Waals surface area contributed by atoms with Crippen LogP contribution in [0.1, 0.15) is 395 Å². The molecule has 0 rings (SSSR count). The van der Waals surface area contributed by atoms with E-state index < -0.39 is 97.5 Å². The molecule has 0 saturated carbocycles. The zero-order valence-electron chi connectivity index (χ0n) is 62.0. The number of carbonyl (C=O) groups excluding carboxylic acids is 4. The predicted octanol–water partition coefficient (Wildman–Crippen LogP) is 22.3. The smallest absolute Gasteiger partial charge is 0.462 e. The summed E-state index contributed by atoms with van der Waals surface area (Å²) in [6, 6.07) is 0. The van der Waals surface area contributed by atoms with Crippen molar-refractivity contribution in [2.45, 2.75) is 413 Å². The summed E-state index contributed by atoms with van der Waals surface area (Å²) >= 11 is 0. The maximum Gasteiger partial charge on any atom is 0.472 e. The normalized spacial score (nSPS) is 14.3. The fourth-order valence-electron chi connectivity index (χ4n) is 11.6. The van der Waals surface area contributed by atoms with Gasteiger partial charge in [0.1, 0.15) is 19.3 Å². The molecule has 0 spiro atoms. The molecule has 0 aromatic heterocycles. The van der Waals surface area contributed by atoms with Crippen LogP contribution in [0.25, 0.3) is 0 Å². The summed E-state index contributed by atoms with van der Waals surface area (Å²) in [7, 11) is -9.91. The number of hydrogen-bond donors (Lipinski definition) is 3. The molecular weight excluding hydrogens is 1250 g/mol. The molecule has 0 aliphatic heterocycles. The van der Waals surface area contributed by atoms with Gasteiger partial charge in [-0.3, -0.25) is 37.3 Å². The van der Waals surface area contributed by atoms with Gasteiger partial charge in [0.2, 0.25) is 0 Å². The molecular formula is C76H148O17P2. The number of aliphatic hydroxyl groups is 1. The molecule has 0 saturated heterocycles. The van der Waals surface area contributed by atoms with E-state index in [9.17, 15) is 43.2 Å². The van der Waals surface area contributed by atoms with Gasteiger partial charge in [0.05, 0.1) is 26.4 Å². The maximum atomic E-state index is 13.1. The third-order valence-electron chi connectivity index (χ3n) is 18.1. The Morgan fingerprint density at radius 1 is 0.305 bits per heavy atom. The lowest BCUT2D eigenvalue weighted by molar-refractivity contribution is -0.161. The fourth-order valence-corrected chi connectivity index (χ4v) is 13.2. The first-order valence-electron chi connectivity index (χ1n) is 39.5. The van der Waals surface area contributed by atoms with Gasteiger partial charge in [0.25, 0.3) is 0 Å². The molecule has 17 nitrogen and oxygen atoms in total. The summed E-state index contributed by atoms with van der Waals surface area (Å²) in [5.41, 5.74) is 0. The lowest BCUT2D eigenvalue weighted by Gasteiger charge is -2.21. The van der Waals surface area contributed by atoms with E-state index in [2.05, 4.69) is 41.5 Å². The van der Waals surface area contributed by atoms with Gasteiger partial charge in [0.15, 0.2) is 12.2 Å². The third-order valence-corrected chi connectivity index (χ3v) is 20.0. The van der Waals surface area contributed by atoms with Crippen LogP contribution in [-0.4, -0.2) is 96.7 Å². The topological polar surface area (TPSA) is 237 Å². The van der Waals surface area contributed by atoms with Gasteiger partial charge in [-0.05, 0) is 37.5 Å². The SMILES string of the molecule is CCCCCCCCCCCCCCCCCCCCCCCCC(=O)O[C@H](COC(=O)CCCCCCCCCCCC(C)C)COP(=O)(O)OC[C@@H](O)COP(=O)(O)OC[C@@H](COC(=O)CCCCCCCCCCC)OC(=O)CCCCCCCCCCC(C)CC. The van der Waals surface area contributed by atoms with Crippen molar-refractivity contribution in [3.05, 3.63) is 0 Å². The van der Waals surface area contributed by atoms with Gasteiger partial charge in [-0.15, -0.1) is 0 Å². The van der Waals surface area contributed by atoms with Crippen molar-refractivity contribution < 1.29 is 80.2 Å². The van der Waals surface area contributed by atoms with E-state index in [1.54, 1.807) is 0 Å². The standard InChI is InChI=1S/C76H148O17P2/c1-7-10-12-14-16-18-19-20-21-22-23-24-25-26-27-28-29-30-34-42-48-54-60-75(80)92-71(65-87-74(79)59-53-47-41-35-31-33-38-44-50-56-68(4)5)66-90-94(82,83)88-62-70(77)63-89-95(84,85)91-67-72(64-86-73(78)58-52-46-40-32-17-15-13-11-8-2)93-76(81)61-55-49-43-37-36-39-45-51-57-69(6)9-3/h68-72,77H,7-67H2,1-6H3,(H,82,83)(H,84,85)/t69?,70-,71-,72-/m1/s1. The molecule has 564 valence electrons. The molecule has 0 aliphatic carbocycles. The number of phosphoric acid groups is 2. The third kappa shape index (κ3) is 69.0. The van der Waals surface area contributed by atoms with E-state index in [0.29, 0.717) is 25.7 Å². The first-order chi connectivity index (χ1) is 45.9. The van der Waals surface area contributed by atoms with Crippen molar-refractivity contribution in [1.82, 2.24) is 0 Å². The Kier molecular flexibility index (Phi) is 66.5. The number of carbonyl (C=O) groups is 4. The lowest BCUT2D eigenvalue weighted by atomic mass is 9.99. The minimum absolute atomic E-state index is 0.105. The van der Waals surface area contributed by atoms with E-state index in [-0.39, 0.29) is 25.7 Å². The summed E-state index contributed by atoms with van der Waals surface area (Å²) < 4.78 is 68.4. The van der Waals surface area contributed by atoms with E-state index in [1.807, 2.05) is 0 Å². The van der Waals surface area contributed by atoms with Crippen LogP contribution in [0.4, 0.5) is 0 Å². The Morgan fingerprint density at radius 3 is 0.800 bits per heavy atom. The molecule has 0 amide bonds. The number of unbranched alkanes of at least 4 members (excludes halogenated alkanes) is 44. The first-order valence-corrected chi connectivity index (χ1v) is 42.5. The largest absolute Gasteiger partial charge is 0.472 e. The highest BCUT2D eigenvalue weighted by molar-refractivity contribution is 7.47. The van der Waals surface area contributed by atoms with Crippen LogP contribution >= 0.6 is 15.6 Å². The summed E-state index contributed by atoms with van der Waals surface area (Å²) in [4.78, 5) is 72.7. The zero-order valence-corrected chi connectivity index (χ0v) is 63.8. The van der Waals surface area contributed by atoms with Crippen molar-refractivity contribution >= 4 is 39.5 Å². The Bertz CT molecular complexity index is 1840. The van der Waals surface area contributed by atoms with Crippen LogP contribution in [0, 0.1) is 11.8 Å². The highest BCUT2D eigenvalue weighted by Gasteiger charge is 2.30. The van der Waals surface area contributed by atoms with Gasteiger partial charge < -0.3 is 33.8 Å². The maximum absolute atomic E-state index is 13.1. The Hall–Kier alpha value is -1.94. The molecule has 0 aromatic rings. The Balaban J connectivity index is 5.17. The summed E-state index contributed by atoms with van der Waals surface area (Å²) in [5.74, 6) is -0.607. The van der Waals surface area contributed by atoms with Crippen LogP contribution in [0.15, 0.2) is 0 Å². The summed E-state index contributed by atoms with van der Waals surface area (Å²) in [5, 5.41) is 10.6. The van der Waals surface area contributed by atoms with E-state index in [4.69, 9.17) is 37.0 Å². The van der Waals surface area contributed by atoms with Gasteiger partial charge in [-0.1, -0.05) is 343 Å². The van der Waals surface area contributed by atoms with Crippen molar-refractivity contribution in [3.63, 3.8) is 0 Å². The second kappa shape index (κ2) is 67.9. The number of hydrogen-bond acceptors (Lipinski definition) is 15. The van der Waals surface area contributed by atoms with Gasteiger partial charge in [-0.2, -0.15) is 0 Å². The highest BCUT2D eigenvalue weighted by Crippen LogP contribution is 2.45. The van der Waals surface area contributed by atoms with Crippen molar-refractivity contribution in [3.8, 4) is 0 Å². The Labute approximate surface area is 581 Å². The van der Waals surface area contributed by atoms with Crippen molar-refractivity contribution in [1.29, 1.82) is 0 Å². The monoisotopic (exact) mass is 1400 g/mol. The molecule has 0 aromatic carbocycles. The average molecular weight is 1400 g/mol. The number of esters is 4. The minimum Gasteiger partial charge on any atom is -0.462 e. The van der Waals surface area contributed by atoms with Crippen LogP contribution in [-0.2, 0) is 65.4 Å². The number of rotatable bonds is 75.